The van der Waals surface area contributed by atoms with E-state index in [4.69, 9.17) is 0 Å². The van der Waals surface area contributed by atoms with E-state index in [1.807, 2.05) is 35.3 Å². The fourth-order valence-electron chi connectivity index (χ4n) is 3.31. The van der Waals surface area contributed by atoms with Crippen LogP contribution in [0.5, 0.6) is 0 Å². The smallest absolute Gasteiger partial charge is 0.100 e. The van der Waals surface area contributed by atoms with E-state index in [2.05, 4.69) is 81.3 Å². The standard InChI is InChI=1S/C24H18N4/c1-2-7-24-23(6-1)26-18-28(24)22-5-3-4-20(16-22)9-8-19-10-12-21(13-11-19)27-15-14-25-17-27/h1-18H/b9-8+. The number of para-hydroxylation sites is 2. The Morgan fingerprint density at radius 3 is 2.43 bits per heavy atom. The Balaban J connectivity index is 1.41. The molecule has 4 nitrogen and oxygen atoms in total. The molecule has 5 aromatic rings. The number of nitrogens with zero attached hydrogens (tertiary/aromatic N) is 4. The molecular formula is C24H18N4. The van der Waals surface area contributed by atoms with Gasteiger partial charge < -0.3 is 4.57 Å². The van der Waals surface area contributed by atoms with Gasteiger partial charge in [-0.2, -0.15) is 0 Å². The van der Waals surface area contributed by atoms with Gasteiger partial charge in [0.2, 0.25) is 0 Å². The maximum Gasteiger partial charge on any atom is 0.100 e. The van der Waals surface area contributed by atoms with Gasteiger partial charge in [0.25, 0.3) is 0 Å². The van der Waals surface area contributed by atoms with Crippen LogP contribution in [-0.4, -0.2) is 19.1 Å². The minimum atomic E-state index is 1.00. The minimum Gasteiger partial charge on any atom is -0.306 e. The molecule has 0 amide bonds. The largest absolute Gasteiger partial charge is 0.306 e. The van der Waals surface area contributed by atoms with Gasteiger partial charge in [0.1, 0.15) is 6.33 Å². The predicted molar refractivity (Wildman–Crippen MR) is 114 cm³/mol. The molecule has 0 spiro atoms. The fourth-order valence-corrected chi connectivity index (χ4v) is 3.31. The lowest BCUT2D eigenvalue weighted by Crippen LogP contribution is -1.92. The van der Waals surface area contributed by atoms with Crippen LogP contribution < -0.4 is 0 Å². The summed E-state index contributed by atoms with van der Waals surface area (Å²) in [6.45, 7) is 0. The third-order valence-corrected chi connectivity index (χ3v) is 4.77. The first-order chi connectivity index (χ1) is 13.9. The lowest BCUT2D eigenvalue weighted by molar-refractivity contribution is 1.06. The van der Waals surface area contributed by atoms with Crippen LogP contribution in [0.15, 0.2) is 97.8 Å². The number of hydrogen-bond acceptors (Lipinski definition) is 2. The number of aromatic nitrogens is 4. The van der Waals surface area contributed by atoms with Crippen LogP contribution in [0, 0.1) is 0 Å². The summed E-state index contributed by atoms with van der Waals surface area (Å²) in [5.74, 6) is 0. The van der Waals surface area contributed by atoms with Gasteiger partial charge >= 0.3 is 0 Å². The molecule has 28 heavy (non-hydrogen) atoms. The molecule has 3 aromatic carbocycles. The van der Waals surface area contributed by atoms with Crippen molar-refractivity contribution < 1.29 is 0 Å². The van der Waals surface area contributed by atoms with Crippen LogP contribution in [0.1, 0.15) is 11.1 Å². The molecule has 0 fully saturated rings. The lowest BCUT2D eigenvalue weighted by atomic mass is 10.1. The Bertz CT molecular complexity index is 1250. The zero-order chi connectivity index (χ0) is 18.8. The molecule has 0 aliphatic heterocycles. The summed E-state index contributed by atoms with van der Waals surface area (Å²) in [5, 5.41) is 0. The summed E-state index contributed by atoms with van der Waals surface area (Å²) in [6.07, 6.45) is 11.7. The number of rotatable bonds is 4. The summed E-state index contributed by atoms with van der Waals surface area (Å²) in [5.41, 5.74) is 6.62. The van der Waals surface area contributed by atoms with E-state index >= 15 is 0 Å². The Hall–Kier alpha value is -3.92. The third kappa shape index (κ3) is 3.12. The van der Waals surface area contributed by atoms with Gasteiger partial charge in [-0.1, -0.05) is 48.6 Å². The zero-order valence-corrected chi connectivity index (χ0v) is 15.2. The molecule has 0 unspecified atom stereocenters. The van der Waals surface area contributed by atoms with Gasteiger partial charge in [-0.15, -0.1) is 0 Å². The number of hydrogen-bond donors (Lipinski definition) is 0. The second kappa shape index (κ2) is 7.00. The number of fused-ring (bicyclic) bond motifs is 1. The van der Waals surface area contributed by atoms with Crippen molar-refractivity contribution in [2.75, 3.05) is 0 Å². The summed E-state index contributed by atoms with van der Waals surface area (Å²) < 4.78 is 4.11. The van der Waals surface area contributed by atoms with Gasteiger partial charge in [-0.05, 0) is 47.5 Å². The van der Waals surface area contributed by atoms with E-state index < -0.39 is 0 Å². The van der Waals surface area contributed by atoms with E-state index in [-0.39, 0.29) is 0 Å². The van der Waals surface area contributed by atoms with Crippen LogP contribution in [0.3, 0.4) is 0 Å². The van der Waals surface area contributed by atoms with Gasteiger partial charge in [0, 0.05) is 23.8 Å². The van der Waals surface area contributed by atoms with Crippen molar-refractivity contribution in [1.29, 1.82) is 0 Å². The van der Waals surface area contributed by atoms with Gasteiger partial charge in [0.05, 0.1) is 17.4 Å². The second-order valence-corrected chi connectivity index (χ2v) is 6.59. The molecule has 2 aromatic heterocycles. The second-order valence-electron chi connectivity index (χ2n) is 6.59. The van der Waals surface area contributed by atoms with Crippen LogP contribution in [0.2, 0.25) is 0 Å². The number of benzene rings is 3. The topological polar surface area (TPSA) is 35.6 Å². The highest BCUT2D eigenvalue weighted by atomic mass is 15.0. The minimum absolute atomic E-state index is 1.00. The lowest BCUT2D eigenvalue weighted by Gasteiger charge is -2.05. The highest BCUT2D eigenvalue weighted by Crippen LogP contribution is 2.20. The van der Waals surface area contributed by atoms with Crippen molar-refractivity contribution in [2.45, 2.75) is 0 Å². The van der Waals surface area contributed by atoms with Crippen molar-refractivity contribution in [3.63, 3.8) is 0 Å². The third-order valence-electron chi connectivity index (χ3n) is 4.77. The molecule has 0 radical (unpaired) electrons. The summed E-state index contributed by atoms with van der Waals surface area (Å²) in [7, 11) is 0. The molecule has 0 N–H and O–H groups in total. The van der Waals surface area contributed by atoms with Gasteiger partial charge in [-0.25, -0.2) is 9.97 Å². The van der Waals surface area contributed by atoms with Crippen LogP contribution in [0.4, 0.5) is 0 Å². The molecule has 2 heterocycles. The molecule has 4 heteroatoms. The van der Waals surface area contributed by atoms with Crippen LogP contribution in [0.25, 0.3) is 34.6 Å². The number of imidazole rings is 2. The molecular weight excluding hydrogens is 344 g/mol. The Morgan fingerprint density at radius 2 is 1.57 bits per heavy atom. The molecule has 0 atom stereocenters. The Labute approximate surface area is 163 Å². The van der Waals surface area contributed by atoms with E-state index in [9.17, 15) is 0 Å². The molecule has 5 rings (SSSR count). The van der Waals surface area contributed by atoms with E-state index in [0.717, 1.165) is 33.5 Å². The molecule has 0 aliphatic carbocycles. The van der Waals surface area contributed by atoms with Crippen molar-refractivity contribution in [2.24, 2.45) is 0 Å². The molecule has 0 aliphatic rings. The Kier molecular flexibility index (Phi) is 4.07. The normalized spacial score (nSPS) is 11.4. The van der Waals surface area contributed by atoms with Crippen LogP contribution in [-0.2, 0) is 0 Å². The maximum atomic E-state index is 4.49. The van der Waals surface area contributed by atoms with E-state index in [1.165, 1.54) is 0 Å². The van der Waals surface area contributed by atoms with Crippen molar-refractivity contribution in [3.05, 3.63) is 109 Å². The van der Waals surface area contributed by atoms with Crippen molar-refractivity contribution in [1.82, 2.24) is 19.1 Å². The van der Waals surface area contributed by atoms with Crippen molar-refractivity contribution in [3.8, 4) is 11.4 Å². The highest BCUT2D eigenvalue weighted by Gasteiger charge is 2.03. The van der Waals surface area contributed by atoms with Crippen molar-refractivity contribution >= 4 is 23.2 Å². The van der Waals surface area contributed by atoms with Gasteiger partial charge in [0.15, 0.2) is 0 Å². The molecule has 0 saturated carbocycles. The summed E-state index contributed by atoms with van der Waals surface area (Å²) in [4.78, 5) is 8.57. The van der Waals surface area contributed by atoms with E-state index in [1.54, 1.807) is 12.5 Å². The van der Waals surface area contributed by atoms with Crippen LogP contribution >= 0.6 is 0 Å². The maximum absolute atomic E-state index is 4.49. The molecule has 134 valence electrons. The highest BCUT2D eigenvalue weighted by molar-refractivity contribution is 5.78. The fraction of sp³-hybridized carbons (Fsp3) is 0. The van der Waals surface area contributed by atoms with E-state index in [0.29, 0.717) is 0 Å². The zero-order valence-electron chi connectivity index (χ0n) is 15.2. The summed E-state index contributed by atoms with van der Waals surface area (Å²) >= 11 is 0. The first-order valence-electron chi connectivity index (χ1n) is 9.16. The average molecular weight is 362 g/mol. The predicted octanol–water partition coefficient (Wildman–Crippen LogP) is 5.38. The molecule has 0 saturated heterocycles. The monoisotopic (exact) mass is 362 g/mol. The summed E-state index contributed by atoms with van der Waals surface area (Å²) in [6, 6.07) is 25.0. The average Bonchev–Trinajstić information content (AvgIpc) is 3.43. The quantitative estimate of drug-likeness (QED) is 0.402. The molecule has 0 bridgehead atoms. The SMILES string of the molecule is C(=C\c1cccc(-n2cnc3ccccc32)c1)/c1ccc(-n2ccnc2)cc1. The first-order valence-corrected chi connectivity index (χ1v) is 9.16. The Morgan fingerprint density at radius 1 is 0.714 bits per heavy atom. The van der Waals surface area contributed by atoms with Gasteiger partial charge in [-0.3, -0.25) is 4.57 Å². The first kappa shape index (κ1) is 16.3.